The summed E-state index contributed by atoms with van der Waals surface area (Å²) >= 11 is 0. The number of aryl methyl sites for hydroxylation is 1. The normalized spacial score (nSPS) is 11.1. The number of hydrogen-bond donors (Lipinski definition) is 2. The van der Waals surface area contributed by atoms with E-state index in [1.165, 1.54) is 6.33 Å². The second kappa shape index (κ2) is 5.58. The van der Waals surface area contributed by atoms with E-state index in [0.717, 1.165) is 5.56 Å². The molecular weight excluding hydrogens is 220 g/mol. The van der Waals surface area contributed by atoms with Gasteiger partial charge in [-0.2, -0.15) is 0 Å². The molecule has 1 aromatic heterocycles. The van der Waals surface area contributed by atoms with E-state index in [9.17, 15) is 4.79 Å². The van der Waals surface area contributed by atoms with Crippen molar-refractivity contribution < 1.29 is 9.53 Å². The summed E-state index contributed by atoms with van der Waals surface area (Å²) in [6, 6.07) is 0. The van der Waals surface area contributed by atoms with Crippen molar-refractivity contribution in [3.8, 4) is 5.88 Å². The van der Waals surface area contributed by atoms with Crippen molar-refractivity contribution >= 4 is 5.91 Å². The Kier molecular flexibility index (Phi) is 4.39. The quantitative estimate of drug-likeness (QED) is 0.754. The lowest BCUT2D eigenvalue weighted by molar-refractivity contribution is -0.124. The van der Waals surface area contributed by atoms with E-state index < -0.39 is 5.54 Å². The second-order valence-electron chi connectivity index (χ2n) is 4.44. The van der Waals surface area contributed by atoms with Gasteiger partial charge in [0.05, 0.1) is 0 Å². The van der Waals surface area contributed by atoms with Gasteiger partial charge in [0.15, 0.2) is 6.61 Å². The summed E-state index contributed by atoms with van der Waals surface area (Å²) in [5.74, 6) is 0.194. The summed E-state index contributed by atoms with van der Waals surface area (Å²) in [6.07, 6.45) is 3.01. The van der Waals surface area contributed by atoms with Crippen LogP contribution >= 0.6 is 0 Å². The predicted octanol–water partition coefficient (Wildman–Crippen LogP) is 0.0173. The molecule has 1 rings (SSSR count). The molecule has 0 aliphatic rings. The molecule has 1 amide bonds. The van der Waals surface area contributed by atoms with E-state index in [1.807, 2.05) is 20.8 Å². The molecule has 0 spiro atoms. The van der Waals surface area contributed by atoms with Crippen LogP contribution in [0.1, 0.15) is 19.4 Å². The summed E-state index contributed by atoms with van der Waals surface area (Å²) in [5, 5.41) is 2.76. The fourth-order valence-corrected chi connectivity index (χ4v) is 1.14. The van der Waals surface area contributed by atoms with Crippen LogP contribution in [0.15, 0.2) is 12.5 Å². The number of rotatable bonds is 5. The SMILES string of the molecule is Cc1cncnc1OCC(=O)NC(C)(C)CN. The molecule has 1 heterocycles. The Bertz CT molecular complexity index is 393. The van der Waals surface area contributed by atoms with E-state index >= 15 is 0 Å². The minimum atomic E-state index is -0.429. The number of aromatic nitrogens is 2. The number of nitrogens with zero attached hydrogens (tertiary/aromatic N) is 2. The van der Waals surface area contributed by atoms with Crippen LogP contribution in [-0.4, -0.2) is 34.6 Å². The van der Waals surface area contributed by atoms with Crippen LogP contribution in [-0.2, 0) is 4.79 Å². The zero-order valence-corrected chi connectivity index (χ0v) is 10.4. The third-order valence-corrected chi connectivity index (χ3v) is 2.18. The fourth-order valence-electron chi connectivity index (χ4n) is 1.14. The minimum absolute atomic E-state index is 0.0821. The van der Waals surface area contributed by atoms with Gasteiger partial charge in [-0.25, -0.2) is 9.97 Å². The lowest BCUT2D eigenvalue weighted by Gasteiger charge is -2.24. The Morgan fingerprint density at radius 1 is 1.59 bits per heavy atom. The van der Waals surface area contributed by atoms with Gasteiger partial charge < -0.3 is 15.8 Å². The molecule has 0 saturated carbocycles. The Labute approximate surface area is 101 Å². The molecule has 1 aromatic rings. The molecule has 0 unspecified atom stereocenters. The molecule has 0 fully saturated rings. The maximum Gasteiger partial charge on any atom is 0.258 e. The van der Waals surface area contributed by atoms with Crippen LogP contribution in [0.5, 0.6) is 5.88 Å². The molecule has 0 saturated heterocycles. The Hall–Kier alpha value is -1.69. The van der Waals surface area contributed by atoms with E-state index in [-0.39, 0.29) is 12.5 Å². The smallest absolute Gasteiger partial charge is 0.258 e. The van der Waals surface area contributed by atoms with Gasteiger partial charge in [0.25, 0.3) is 5.91 Å². The Balaban J connectivity index is 2.47. The highest BCUT2D eigenvalue weighted by atomic mass is 16.5. The van der Waals surface area contributed by atoms with Gasteiger partial charge in [0, 0.05) is 23.8 Å². The molecule has 0 bridgehead atoms. The number of nitrogens with one attached hydrogen (secondary N) is 1. The molecule has 3 N–H and O–H groups in total. The fraction of sp³-hybridized carbons (Fsp3) is 0.545. The maximum atomic E-state index is 11.6. The third-order valence-electron chi connectivity index (χ3n) is 2.18. The first kappa shape index (κ1) is 13.4. The lowest BCUT2D eigenvalue weighted by Crippen LogP contribution is -2.50. The number of carbonyl (C=O) groups excluding carboxylic acids is 1. The van der Waals surface area contributed by atoms with Crippen molar-refractivity contribution in [3.63, 3.8) is 0 Å². The molecule has 17 heavy (non-hydrogen) atoms. The molecule has 0 aromatic carbocycles. The average molecular weight is 238 g/mol. The molecular formula is C11H18N4O2. The van der Waals surface area contributed by atoms with Crippen molar-refractivity contribution in [2.75, 3.05) is 13.2 Å². The number of nitrogens with two attached hydrogens (primary N) is 1. The molecule has 0 aliphatic heterocycles. The van der Waals surface area contributed by atoms with Crippen molar-refractivity contribution in [1.29, 1.82) is 0 Å². The van der Waals surface area contributed by atoms with Crippen LogP contribution < -0.4 is 15.8 Å². The molecule has 0 atom stereocenters. The zero-order chi connectivity index (χ0) is 12.9. The summed E-state index contributed by atoms with van der Waals surface area (Å²) in [5.41, 5.74) is 5.87. The van der Waals surface area contributed by atoms with Gasteiger partial charge in [-0.3, -0.25) is 4.79 Å². The monoisotopic (exact) mass is 238 g/mol. The Morgan fingerprint density at radius 3 is 2.88 bits per heavy atom. The van der Waals surface area contributed by atoms with E-state index in [2.05, 4.69) is 15.3 Å². The van der Waals surface area contributed by atoms with Gasteiger partial charge in [0.1, 0.15) is 6.33 Å². The number of hydrogen-bond acceptors (Lipinski definition) is 5. The van der Waals surface area contributed by atoms with Gasteiger partial charge in [-0.1, -0.05) is 0 Å². The minimum Gasteiger partial charge on any atom is -0.467 e. The maximum absolute atomic E-state index is 11.6. The van der Waals surface area contributed by atoms with Crippen LogP contribution in [0.25, 0.3) is 0 Å². The molecule has 0 radical (unpaired) electrons. The molecule has 6 heteroatoms. The highest BCUT2D eigenvalue weighted by Gasteiger charge is 2.18. The number of ether oxygens (including phenoxy) is 1. The predicted molar refractivity (Wildman–Crippen MR) is 63.5 cm³/mol. The molecule has 94 valence electrons. The summed E-state index contributed by atoms with van der Waals surface area (Å²) in [7, 11) is 0. The van der Waals surface area contributed by atoms with Gasteiger partial charge >= 0.3 is 0 Å². The van der Waals surface area contributed by atoms with Crippen molar-refractivity contribution in [1.82, 2.24) is 15.3 Å². The number of carbonyl (C=O) groups is 1. The average Bonchev–Trinajstić information content (AvgIpc) is 2.27. The van der Waals surface area contributed by atoms with E-state index in [1.54, 1.807) is 6.20 Å². The van der Waals surface area contributed by atoms with Crippen LogP contribution in [0.3, 0.4) is 0 Å². The van der Waals surface area contributed by atoms with Gasteiger partial charge in [-0.15, -0.1) is 0 Å². The topological polar surface area (TPSA) is 90.1 Å². The standard InChI is InChI=1S/C11H18N4O2/c1-8-4-13-7-14-10(8)17-5-9(16)15-11(2,3)6-12/h4,7H,5-6,12H2,1-3H3,(H,15,16). The first-order valence-electron chi connectivity index (χ1n) is 5.35. The summed E-state index contributed by atoms with van der Waals surface area (Å²) < 4.78 is 5.28. The highest BCUT2D eigenvalue weighted by molar-refractivity contribution is 5.78. The number of amides is 1. The van der Waals surface area contributed by atoms with Crippen molar-refractivity contribution in [3.05, 3.63) is 18.1 Å². The second-order valence-corrected chi connectivity index (χ2v) is 4.44. The first-order chi connectivity index (χ1) is 7.94. The highest BCUT2D eigenvalue weighted by Crippen LogP contribution is 2.10. The largest absolute Gasteiger partial charge is 0.467 e. The molecule has 0 aliphatic carbocycles. The van der Waals surface area contributed by atoms with Crippen molar-refractivity contribution in [2.24, 2.45) is 5.73 Å². The van der Waals surface area contributed by atoms with E-state index in [4.69, 9.17) is 10.5 Å². The van der Waals surface area contributed by atoms with Crippen LogP contribution in [0.4, 0.5) is 0 Å². The Morgan fingerprint density at radius 2 is 2.29 bits per heavy atom. The van der Waals surface area contributed by atoms with Crippen LogP contribution in [0.2, 0.25) is 0 Å². The van der Waals surface area contributed by atoms with Crippen molar-refractivity contribution in [2.45, 2.75) is 26.3 Å². The molecule has 6 nitrogen and oxygen atoms in total. The lowest BCUT2D eigenvalue weighted by atomic mass is 10.1. The van der Waals surface area contributed by atoms with E-state index in [0.29, 0.717) is 12.4 Å². The van der Waals surface area contributed by atoms with Gasteiger partial charge in [-0.05, 0) is 20.8 Å². The summed E-state index contributed by atoms with van der Waals surface area (Å²) in [4.78, 5) is 19.3. The summed E-state index contributed by atoms with van der Waals surface area (Å²) in [6.45, 7) is 5.80. The van der Waals surface area contributed by atoms with Crippen LogP contribution in [0, 0.1) is 6.92 Å². The first-order valence-corrected chi connectivity index (χ1v) is 5.35. The third kappa shape index (κ3) is 4.36. The zero-order valence-electron chi connectivity index (χ0n) is 10.4. The van der Waals surface area contributed by atoms with Gasteiger partial charge in [0.2, 0.25) is 5.88 Å².